The molecular formula is C13H20N2O2. The van der Waals surface area contributed by atoms with Gasteiger partial charge in [-0.3, -0.25) is 4.79 Å². The summed E-state index contributed by atoms with van der Waals surface area (Å²) in [5.41, 5.74) is 0.575. The number of carbonyl (C=O) groups is 1. The summed E-state index contributed by atoms with van der Waals surface area (Å²) < 4.78 is 5.13. The van der Waals surface area contributed by atoms with Crippen molar-refractivity contribution in [3.8, 4) is 5.75 Å². The summed E-state index contributed by atoms with van der Waals surface area (Å²) in [5.74, 6) is 0.507. The summed E-state index contributed by atoms with van der Waals surface area (Å²) >= 11 is 0. The maximum Gasteiger partial charge on any atom is 0.255 e. The number of rotatable bonds is 7. The lowest BCUT2D eigenvalue weighted by Crippen LogP contribution is -2.32. The molecule has 17 heavy (non-hydrogen) atoms. The standard InChI is InChI=1S/C13H20N2O2/c1-3-8-14-9-10-15-13(16)11-6-4-5-7-12(11)17-2/h4-7,14H,3,8-10H2,1-2H3,(H,15,16). The Hall–Kier alpha value is -1.55. The van der Waals surface area contributed by atoms with Crippen molar-refractivity contribution in [2.75, 3.05) is 26.7 Å². The minimum absolute atomic E-state index is 0.0965. The van der Waals surface area contributed by atoms with Crippen LogP contribution in [0.2, 0.25) is 0 Å². The molecule has 0 saturated heterocycles. The normalized spacial score (nSPS) is 10.0. The third kappa shape index (κ3) is 4.44. The maximum absolute atomic E-state index is 11.8. The summed E-state index contributed by atoms with van der Waals surface area (Å²) in [4.78, 5) is 11.8. The van der Waals surface area contributed by atoms with Gasteiger partial charge in [0.15, 0.2) is 0 Å². The Morgan fingerprint density at radius 2 is 2.00 bits per heavy atom. The zero-order chi connectivity index (χ0) is 12.5. The fraction of sp³-hybridized carbons (Fsp3) is 0.462. The number of hydrogen-bond donors (Lipinski definition) is 2. The molecular weight excluding hydrogens is 216 g/mol. The van der Waals surface area contributed by atoms with Crippen molar-refractivity contribution in [1.82, 2.24) is 10.6 Å². The van der Waals surface area contributed by atoms with Crippen LogP contribution in [-0.2, 0) is 0 Å². The van der Waals surface area contributed by atoms with E-state index in [0.29, 0.717) is 17.9 Å². The highest BCUT2D eigenvalue weighted by atomic mass is 16.5. The van der Waals surface area contributed by atoms with Gasteiger partial charge in [-0.1, -0.05) is 19.1 Å². The number of ether oxygens (including phenoxy) is 1. The first-order chi connectivity index (χ1) is 8.29. The molecule has 0 atom stereocenters. The maximum atomic E-state index is 11.8. The average Bonchev–Trinajstić information content (AvgIpc) is 2.38. The van der Waals surface area contributed by atoms with Gasteiger partial charge in [0, 0.05) is 13.1 Å². The number of carbonyl (C=O) groups excluding carboxylic acids is 1. The topological polar surface area (TPSA) is 50.4 Å². The number of amides is 1. The van der Waals surface area contributed by atoms with E-state index in [4.69, 9.17) is 4.74 Å². The van der Waals surface area contributed by atoms with Crippen LogP contribution in [0.5, 0.6) is 5.75 Å². The molecule has 1 rings (SSSR count). The zero-order valence-corrected chi connectivity index (χ0v) is 10.5. The van der Waals surface area contributed by atoms with Gasteiger partial charge in [-0.2, -0.15) is 0 Å². The van der Waals surface area contributed by atoms with Gasteiger partial charge in [-0.25, -0.2) is 0 Å². The van der Waals surface area contributed by atoms with Gasteiger partial charge in [-0.05, 0) is 25.1 Å². The summed E-state index contributed by atoms with van der Waals surface area (Å²) in [7, 11) is 1.56. The molecule has 1 aromatic carbocycles. The summed E-state index contributed by atoms with van der Waals surface area (Å²) in [6.07, 6.45) is 1.10. The molecule has 2 N–H and O–H groups in total. The predicted octanol–water partition coefficient (Wildman–Crippen LogP) is 1.42. The lowest BCUT2D eigenvalue weighted by Gasteiger charge is -2.09. The van der Waals surface area contributed by atoms with Crippen molar-refractivity contribution in [1.29, 1.82) is 0 Å². The van der Waals surface area contributed by atoms with E-state index < -0.39 is 0 Å². The Labute approximate surface area is 102 Å². The fourth-order valence-electron chi connectivity index (χ4n) is 1.49. The van der Waals surface area contributed by atoms with E-state index in [1.54, 1.807) is 19.2 Å². The first kappa shape index (κ1) is 13.5. The van der Waals surface area contributed by atoms with Crippen LogP contribution < -0.4 is 15.4 Å². The Bertz CT molecular complexity index is 353. The van der Waals surface area contributed by atoms with Crippen LogP contribution in [0.3, 0.4) is 0 Å². The molecule has 0 aliphatic rings. The van der Waals surface area contributed by atoms with Crippen LogP contribution >= 0.6 is 0 Å². The van der Waals surface area contributed by atoms with Crippen LogP contribution in [0.15, 0.2) is 24.3 Å². The number of methoxy groups -OCH3 is 1. The second kappa shape index (κ2) is 7.68. The molecule has 0 unspecified atom stereocenters. The summed E-state index contributed by atoms with van der Waals surface area (Å²) in [6, 6.07) is 7.21. The van der Waals surface area contributed by atoms with Crippen LogP contribution in [0, 0.1) is 0 Å². The van der Waals surface area contributed by atoms with Gasteiger partial charge in [-0.15, -0.1) is 0 Å². The lowest BCUT2D eigenvalue weighted by molar-refractivity contribution is 0.0951. The second-order valence-electron chi connectivity index (χ2n) is 3.71. The molecule has 0 saturated carbocycles. The molecule has 0 aliphatic heterocycles. The largest absolute Gasteiger partial charge is 0.496 e. The van der Waals surface area contributed by atoms with E-state index in [0.717, 1.165) is 19.5 Å². The Kier molecular flexibility index (Phi) is 6.10. The molecule has 1 amide bonds. The number of hydrogen-bond acceptors (Lipinski definition) is 3. The Morgan fingerprint density at radius 3 is 2.71 bits per heavy atom. The van der Waals surface area contributed by atoms with E-state index in [1.807, 2.05) is 12.1 Å². The monoisotopic (exact) mass is 236 g/mol. The molecule has 0 aromatic heterocycles. The van der Waals surface area contributed by atoms with E-state index in [9.17, 15) is 4.79 Å². The van der Waals surface area contributed by atoms with E-state index in [1.165, 1.54) is 0 Å². The molecule has 94 valence electrons. The quantitative estimate of drug-likeness (QED) is 0.704. The zero-order valence-electron chi connectivity index (χ0n) is 10.5. The molecule has 0 spiro atoms. The average molecular weight is 236 g/mol. The summed E-state index contributed by atoms with van der Waals surface area (Å²) in [5, 5.41) is 6.08. The van der Waals surface area contributed by atoms with Crippen molar-refractivity contribution in [3.63, 3.8) is 0 Å². The Balaban J connectivity index is 2.41. The van der Waals surface area contributed by atoms with Crippen molar-refractivity contribution in [3.05, 3.63) is 29.8 Å². The molecule has 4 heteroatoms. The smallest absolute Gasteiger partial charge is 0.255 e. The molecule has 0 heterocycles. The molecule has 0 bridgehead atoms. The molecule has 0 aliphatic carbocycles. The number of nitrogens with one attached hydrogen (secondary N) is 2. The minimum Gasteiger partial charge on any atom is -0.496 e. The molecule has 0 fully saturated rings. The third-order valence-corrected chi connectivity index (χ3v) is 2.37. The van der Waals surface area contributed by atoms with Crippen molar-refractivity contribution in [2.45, 2.75) is 13.3 Å². The highest BCUT2D eigenvalue weighted by molar-refractivity contribution is 5.96. The van der Waals surface area contributed by atoms with Gasteiger partial charge < -0.3 is 15.4 Å². The van der Waals surface area contributed by atoms with Crippen molar-refractivity contribution in [2.24, 2.45) is 0 Å². The van der Waals surface area contributed by atoms with Crippen molar-refractivity contribution < 1.29 is 9.53 Å². The van der Waals surface area contributed by atoms with Gasteiger partial charge >= 0.3 is 0 Å². The van der Waals surface area contributed by atoms with E-state index in [2.05, 4.69) is 17.6 Å². The van der Waals surface area contributed by atoms with Crippen LogP contribution in [-0.4, -0.2) is 32.7 Å². The predicted molar refractivity (Wildman–Crippen MR) is 68.5 cm³/mol. The van der Waals surface area contributed by atoms with E-state index in [-0.39, 0.29) is 5.91 Å². The van der Waals surface area contributed by atoms with Gasteiger partial charge in [0.2, 0.25) is 0 Å². The number of para-hydroxylation sites is 1. The summed E-state index contributed by atoms with van der Waals surface area (Å²) in [6.45, 7) is 4.50. The second-order valence-corrected chi connectivity index (χ2v) is 3.71. The van der Waals surface area contributed by atoms with Gasteiger partial charge in [0.05, 0.1) is 12.7 Å². The third-order valence-electron chi connectivity index (χ3n) is 2.37. The SMILES string of the molecule is CCCNCCNC(=O)c1ccccc1OC. The Morgan fingerprint density at radius 1 is 1.24 bits per heavy atom. The highest BCUT2D eigenvalue weighted by Gasteiger charge is 2.09. The van der Waals surface area contributed by atoms with Crippen LogP contribution in [0.1, 0.15) is 23.7 Å². The minimum atomic E-state index is -0.0965. The van der Waals surface area contributed by atoms with E-state index >= 15 is 0 Å². The molecule has 0 radical (unpaired) electrons. The first-order valence-corrected chi connectivity index (χ1v) is 5.91. The fourth-order valence-corrected chi connectivity index (χ4v) is 1.49. The van der Waals surface area contributed by atoms with Crippen molar-refractivity contribution >= 4 is 5.91 Å². The first-order valence-electron chi connectivity index (χ1n) is 5.91. The van der Waals surface area contributed by atoms with Gasteiger partial charge in [0.25, 0.3) is 5.91 Å². The van der Waals surface area contributed by atoms with Crippen LogP contribution in [0.4, 0.5) is 0 Å². The highest BCUT2D eigenvalue weighted by Crippen LogP contribution is 2.16. The molecule has 1 aromatic rings. The van der Waals surface area contributed by atoms with Gasteiger partial charge in [0.1, 0.15) is 5.75 Å². The number of benzene rings is 1. The molecule has 4 nitrogen and oxygen atoms in total. The lowest BCUT2D eigenvalue weighted by atomic mass is 10.2. The van der Waals surface area contributed by atoms with Crippen LogP contribution in [0.25, 0.3) is 0 Å².